The van der Waals surface area contributed by atoms with Crippen LogP contribution in [0, 0.1) is 24.0 Å². The highest BCUT2D eigenvalue weighted by molar-refractivity contribution is 7.16. The Kier molecular flexibility index (Phi) is 5.48. The molecule has 140 valence electrons. The van der Waals surface area contributed by atoms with Crippen LogP contribution in [0.2, 0.25) is 0 Å². The third kappa shape index (κ3) is 3.81. The van der Waals surface area contributed by atoms with Crippen molar-refractivity contribution < 1.29 is 14.5 Å². The molecule has 1 aromatic heterocycles. The maximum absolute atomic E-state index is 12.8. The Balaban J connectivity index is 2.14. The van der Waals surface area contributed by atoms with Gasteiger partial charge in [-0.2, -0.15) is 4.99 Å². The maximum atomic E-state index is 12.8. The van der Waals surface area contributed by atoms with E-state index in [2.05, 4.69) is 4.99 Å². The summed E-state index contributed by atoms with van der Waals surface area (Å²) in [7, 11) is 1.62. The minimum absolute atomic E-state index is 0.0877. The van der Waals surface area contributed by atoms with Gasteiger partial charge in [0.1, 0.15) is 0 Å². The zero-order valence-electron chi connectivity index (χ0n) is 15.3. The summed E-state index contributed by atoms with van der Waals surface area (Å²) in [6.07, 6.45) is 0. The second-order valence-corrected chi connectivity index (χ2v) is 7.13. The average molecular weight is 385 g/mol. The van der Waals surface area contributed by atoms with Crippen molar-refractivity contribution in [2.24, 2.45) is 4.99 Å². The van der Waals surface area contributed by atoms with Gasteiger partial charge in [0.2, 0.25) is 0 Å². The third-order valence-electron chi connectivity index (χ3n) is 4.29. The number of nitro benzene ring substituents is 1. The van der Waals surface area contributed by atoms with Gasteiger partial charge in [-0.05, 0) is 37.6 Å². The summed E-state index contributed by atoms with van der Waals surface area (Å²) in [5.74, 6) is -0.495. The van der Waals surface area contributed by atoms with Crippen LogP contribution in [0.25, 0.3) is 10.2 Å². The summed E-state index contributed by atoms with van der Waals surface area (Å²) in [6.45, 7) is 4.61. The number of carbonyl (C=O) groups is 1. The van der Waals surface area contributed by atoms with Crippen molar-refractivity contribution in [1.82, 2.24) is 4.57 Å². The molecule has 1 amide bonds. The molecule has 0 aliphatic heterocycles. The molecule has 0 saturated heterocycles. The highest BCUT2D eigenvalue weighted by Crippen LogP contribution is 2.22. The lowest BCUT2D eigenvalue weighted by atomic mass is 10.1. The predicted octanol–water partition coefficient (Wildman–Crippen LogP) is 3.62. The highest BCUT2D eigenvalue weighted by Gasteiger charge is 2.18. The van der Waals surface area contributed by atoms with Crippen molar-refractivity contribution in [2.75, 3.05) is 13.7 Å². The molecule has 27 heavy (non-hydrogen) atoms. The smallest absolute Gasteiger partial charge is 0.280 e. The minimum Gasteiger partial charge on any atom is -0.383 e. The van der Waals surface area contributed by atoms with E-state index in [9.17, 15) is 14.9 Å². The summed E-state index contributed by atoms with van der Waals surface area (Å²) in [5, 5.41) is 11.1. The molecule has 7 nitrogen and oxygen atoms in total. The molecule has 0 aliphatic rings. The van der Waals surface area contributed by atoms with Crippen LogP contribution in [-0.4, -0.2) is 29.1 Å². The molecule has 1 heterocycles. The molecule has 0 bridgehead atoms. The van der Waals surface area contributed by atoms with Gasteiger partial charge in [0, 0.05) is 25.3 Å². The van der Waals surface area contributed by atoms with E-state index >= 15 is 0 Å². The number of hydrogen-bond donors (Lipinski definition) is 0. The van der Waals surface area contributed by atoms with Crippen molar-refractivity contribution >= 4 is 33.1 Å². The van der Waals surface area contributed by atoms with Gasteiger partial charge in [0.15, 0.2) is 4.80 Å². The van der Waals surface area contributed by atoms with E-state index in [0.717, 1.165) is 15.8 Å². The molecule has 2 aromatic carbocycles. The number of methoxy groups -OCH3 is 1. The van der Waals surface area contributed by atoms with Crippen LogP contribution in [-0.2, 0) is 11.3 Å². The SMILES string of the molecule is COCCn1c(=NC(=O)c2cccc([N+](=O)[O-])c2C)sc2cc(C)ccc21. The topological polar surface area (TPSA) is 86.7 Å². The minimum atomic E-state index is -0.495. The Morgan fingerprint density at radius 2 is 2.07 bits per heavy atom. The Morgan fingerprint density at radius 1 is 1.30 bits per heavy atom. The first kappa shape index (κ1) is 18.9. The molecule has 0 fully saturated rings. The van der Waals surface area contributed by atoms with Gasteiger partial charge in [-0.25, -0.2) is 0 Å². The zero-order valence-corrected chi connectivity index (χ0v) is 16.1. The summed E-state index contributed by atoms with van der Waals surface area (Å²) in [5.41, 5.74) is 2.56. The number of hydrogen-bond acceptors (Lipinski definition) is 5. The number of nitro groups is 1. The molecule has 0 atom stereocenters. The number of aryl methyl sites for hydroxylation is 1. The van der Waals surface area contributed by atoms with Gasteiger partial charge in [-0.15, -0.1) is 0 Å². The van der Waals surface area contributed by atoms with Crippen LogP contribution in [0.4, 0.5) is 5.69 Å². The molecule has 3 rings (SSSR count). The summed E-state index contributed by atoms with van der Waals surface area (Å²) in [4.78, 5) is 28.2. The zero-order chi connectivity index (χ0) is 19.6. The second kappa shape index (κ2) is 7.81. The number of nitrogens with zero attached hydrogens (tertiary/aromatic N) is 3. The van der Waals surface area contributed by atoms with Crippen LogP contribution in [0.1, 0.15) is 21.5 Å². The number of amides is 1. The Bertz CT molecular complexity index is 1100. The van der Waals surface area contributed by atoms with Crippen molar-refractivity contribution in [1.29, 1.82) is 0 Å². The van der Waals surface area contributed by atoms with Crippen LogP contribution >= 0.6 is 11.3 Å². The first-order chi connectivity index (χ1) is 12.9. The van der Waals surface area contributed by atoms with Crippen LogP contribution in [0.5, 0.6) is 0 Å². The largest absolute Gasteiger partial charge is 0.383 e. The number of aromatic nitrogens is 1. The van der Waals surface area contributed by atoms with Crippen LogP contribution in [0.15, 0.2) is 41.4 Å². The molecule has 0 spiro atoms. The van der Waals surface area contributed by atoms with Gasteiger partial charge >= 0.3 is 0 Å². The summed E-state index contributed by atoms with van der Waals surface area (Å²) in [6, 6.07) is 10.5. The molecular weight excluding hydrogens is 366 g/mol. The quantitative estimate of drug-likeness (QED) is 0.496. The van der Waals surface area contributed by atoms with Crippen molar-refractivity contribution in [3.8, 4) is 0 Å². The molecular formula is C19H19N3O4S. The number of fused-ring (bicyclic) bond motifs is 1. The van der Waals surface area contributed by atoms with Gasteiger partial charge in [0.05, 0.1) is 27.3 Å². The van der Waals surface area contributed by atoms with Crippen molar-refractivity contribution in [3.63, 3.8) is 0 Å². The molecule has 0 saturated carbocycles. The number of ether oxygens (including phenoxy) is 1. The van der Waals surface area contributed by atoms with E-state index < -0.39 is 10.8 Å². The van der Waals surface area contributed by atoms with E-state index in [1.807, 2.05) is 29.7 Å². The number of thiazole rings is 1. The fraction of sp³-hybridized carbons (Fsp3) is 0.263. The maximum Gasteiger partial charge on any atom is 0.280 e. The lowest BCUT2D eigenvalue weighted by Gasteiger charge is -2.05. The number of benzene rings is 2. The monoisotopic (exact) mass is 385 g/mol. The van der Waals surface area contributed by atoms with Gasteiger partial charge in [-0.1, -0.05) is 23.5 Å². The van der Waals surface area contributed by atoms with E-state index in [4.69, 9.17) is 4.74 Å². The normalized spacial score (nSPS) is 11.9. The lowest BCUT2D eigenvalue weighted by molar-refractivity contribution is -0.385. The Labute approximate surface area is 159 Å². The molecule has 3 aromatic rings. The summed E-state index contributed by atoms with van der Waals surface area (Å²) < 4.78 is 8.14. The molecule has 8 heteroatoms. The fourth-order valence-corrected chi connectivity index (χ4v) is 4.02. The molecule has 0 unspecified atom stereocenters. The number of rotatable bonds is 5. The van der Waals surface area contributed by atoms with Gasteiger partial charge in [0.25, 0.3) is 11.6 Å². The Morgan fingerprint density at radius 3 is 2.78 bits per heavy atom. The van der Waals surface area contributed by atoms with Crippen LogP contribution < -0.4 is 4.80 Å². The summed E-state index contributed by atoms with van der Waals surface area (Å²) >= 11 is 1.41. The first-order valence-electron chi connectivity index (χ1n) is 8.34. The first-order valence-corrected chi connectivity index (χ1v) is 9.16. The van der Waals surface area contributed by atoms with Crippen molar-refractivity contribution in [3.05, 3.63) is 68.0 Å². The standard InChI is InChI=1S/C19H19N3O4S/c1-12-7-8-16-17(11-12)27-19(21(16)9-10-26-3)20-18(23)14-5-4-6-15(13(14)2)22(24)25/h4-8,11H,9-10H2,1-3H3. The molecule has 0 N–H and O–H groups in total. The Hall–Kier alpha value is -2.84. The van der Waals surface area contributed by atoms with E-state index in [-0.39, 0.29) is 11.3 Å². The van der Waals surface area contributed by atoms with E-state index in [0.29, 0.717) is 23.5 Å². The van der Waals surface area contributed by atoms with E-state index in [1.165, 1.54) is 23.5 Å². The number of carbonyl (C=O) groups excluding carboxylic acids is 1. The highest BCUT2D eigenvalue weighted by atomic mass is 32.1. The van der Waals surface area contributed by atoms with Crippen molar-refractivity contribution in [2.45, 2.75) is 20.4 Å². The lowest BCUT2D eigenvalue weighted by Crippen LogP contribution is -2.19. The average Bonchev–Trinajstić information content (AvgIpc) is 2.95. The second-order valence-electron chi connectivity index (χ2n) is 6.12. The fourth-order valence-electron chi connectivity index (χ4n) is 2.86. The third-order valence-corrected chi connectivity index (χ3v) is 5.33. The van der Waals surface area contributed by atoms with Gasteiger partial charge in [-0.3, -0.25) is 14.9 Å². The predicted molar refractivity (Wildman–Crippen MR) is 104 cm³/mol. The van der Waals surface area contributed by atoms with E-state index in [1.54, 1.807) is 20.1 Å². The van der Waals surface area contributed by atoms with Crippen LogP contribution in [0.3, 0.4) is 0 Å². The van der Waals surface area contributed by atoms with Gasteiger partial charge < -0.3 is 9.30 Å². The molecule has 0 radical (unpaired) electrons. The molecule has 0 aliphatic carbocycles.